The molecule has 1 aliphatic carbocycles. The van der Waals surface area contributed by atoms with Gasteiger partial charge in [0.2, 0.25) is 0 Å². The van der Waals surface area contributed by atoms with Gasteiger partial charge in [-0.3, -0.25) is 0 Å². The van der Waals surface area contributed by atoms with Crippen LogP contribution in [0.3, 0.4) is 0 Å². The van der Waals surface area contributed by atoms with Crippen molar-refractivity contribution in [3.8, 4) is 44.5 Å². The molecule has 67 heavy (non-hydrogen) atoms. The highest BCUT2D eigenvalue weighted by Crippen LogP contribution is 2.51. The number of hydrogen-bond donors (Lipinski definition) is 0. The van der Waals surface area contributed by atoms with Crippen LogP contribution in [0.2, 0.25) is 0 Å². The van der Waals surface area contributed by atoms with Crippen LogP contribution in [0.5, 0.6) is 0 Å². The molecule has 0 unspecified atom stereocenters. The smallest absolute Gasteiger partial charge is 0.0540 e. The molecule has 13 rings (SSSR count). The Balaban J connectivity index is 1.13. The molecule has 0 saturated carbocycles. The maximum Gasteiger partial charge on any atom is 0.0540 e. The highest BCUT2D eigenvalue weighted by molar-refractivity contribution is 6.33. The van der Waals surface area contributed by atoms with Crippen LogP contribution in [-0.4, -0.2) is 0 Å². The molecule has 1 nitrogen and oxygen atoms in total. The number of aryl methyl sites for hydroxylation is 1. The average molecular weight is 852 g/mol. The van der Waals surface area contributed by atoms with Crippen molar-refractivity contribution in [1.29, 1.82) is 0 Å². The maximum absolute atomic E-state index is 2.48. The second-order valence-corrected chi connectivity index (χ2v) is 17.8. The minimum absolute atomic E-state index is 1.09. The molecule has 1 aliphatic rings. The van der Waals surface area contributed by atoms with Crippen molar-refractivity contribution in [2.75, 3.05) is 4.90 Å². The molecule has 0 heterocycles. The van der Waals surface area contributed by atoms with E-state index in [0.29, 0.717) is 0 Å². The summed E-state index contributed by atoms with van der Waals surface area (Å²) in [5, 5.41) is 12.3. The van der Waals surface area contributed by atoms with Crippen LogP contribution >= 0.6 is 0 Å². The van der Waals surface area contributed by atoms with Crippen LogP contribution < -0.4 is 4.90 Å². The standard InChI is InChI=1S/C66H45N/c1-3-18-47(19-4-1)60-43-59(49-38-36-48(37-39-49)53-33-15-25-44-20-7-10-28-52(44)53)64(50-23-5-2-6-24-50)66-58-41-40-51(42-61(58)56-31-13-14-32-57(56)65(60)66)67(62-34-16-26-45-21-8-11-29-54(45)62)63-35-17-27-46-22-9-12-30-55(46)63/h1-6,8-19,21-43H,7,20H2. The molecule has 12 aromatic carbocycles. The lowest BCUT2D eigenvalue weighted by atomic mass is 9.81. The molecule has 0 radical (unpaired) electrons. The molecular weight excluding hydrogens is 807 g/mol. The molecule has 0 aromatic heterocycles. The molecule has 0 N–H and O–H groups in total. The Kier molecular flexibility index (Phi) is 9.39. The van der Waals surface area contributed by atoms with E-state index in [4.69, 9.17) is 0 Å². The zero-order chi connectivity index (χ0) is 44.3. The van der Waals surface area contributed by atoms with Gasteiger partial charge in [-0.05, 0) is 142 Å². The molecule has 0 amide bonds. The van der Waals surface area contributed by atoms with Crippen molar-refractivity contribution in [3.05, 3.63) is 254 Å². The Bertz CT molecular complexity index is 3810. The first-order valence-electron chi connectivity index (χ1n) is 23.5. The van der Waals surface area contributed by atoms with E-state index < -0.39 is 0 Å². The lowest BCUT2D eigenvalue weighted by molar-refractivity contribution is 0.986. The largest absolute Gasteiger partial charge is 0.309 e. The summed E-state index contributed by atoms with van der Waals surface area (Å²) >= 11 is 0. The predicted octanol–water partition coefficient (Wildman–Crippen LogP) is 18.5. The minimum Gasteiger partial charge on any atom is -0.309 e. The average Bonchev–Trinajstić information content (AvgIpc) is 3.41. The van der Waals surface area contributed by atoms with Gasteiger partial charge in [0.05, 0.1) is 11.4 Å². The summed E-state index contributed by atoms with van der Waals surface area (Å²) in [4.78, 5) is 2.48. The minimum atomic E-state index is 1.09. The molecule has 1 heteroatoms. The fraction of sp³-hybridized carbons (Fsp3) is 0.0303. The van der Waals surface area contributed by atoms with Crippen molar-refractivity contribution in [2.24, 2.45) is 0 Å². The van der Waals surface area contributed by atoms with Crippen LogP contribution in [0.4, 0.5) is 17.1 Å². The Labute approximate surface area is 391 Å². The van der Waals surface area contributed by atoms with Crippen molar-refractivity contribution in [3.63, 3.8) is 0 Å². The monoisotopic (exact) mass is 851 g/mol. The first-order valence-corrected chi connectivity index (χ1v) is 23.5. The first kappa shape index (κ1) is 38.9. The molecule has 314 valence electrons. The second kappa shape index (κ2) is 16.2. The van der Waals surface area contributed by atoms with E-state index in [9.17, 15) is 0 Å². The lowest BCUT2D eigenvalue weighted by Crippen LogP contribution is -2.11. The highest BCUT2D eigenvalue weighted by Gasteiger charge is 2.24. The lowest BCUT2D eigenvalue weighted by Gasteiger charge is -2.29. The zero-order valence-electron chi connectivity index (χ0n) is 37.0. The Hall–Kier alpha value is -8.52. The normalized spacial score (nSPS) is 12.3. The van der Waals surface area contributed by atoms with Crippen molar-refractivity contribution in [2.45, 2.75) is 12.8 Å². The number of fused-ring (bicyclic) bond motifs is 9. The van der Waals surface area contributed by atoms with E-state index in [-0.39, 0.29) is 0 Å². The van der Waals surface area contributed by atoms with E-state index in [1.54, 1.807) is 0 Å². The van der Waals surface area contributed by atoms with E-state index >= 15 is 0 Å². The van der Waals surface area contributed by atoms with Gasteiger partial charge in [0.1, 0.15) is 0 Å². The van der Waals surface area contributed by atoms with E-state index in [2.05, 4.69) is 254 Å². The molecule has 12 aromatic rings. The van der Waals surface area contributed by atoms with E-state index in [1.165, 1.54) is 109 Å². The van der Waals surface area contributed by atoms with Gasteiger partial charge in [0.25, 0.3) is 0 Å². The van der Waals surface area contributed by atoms with Gasteiger partial charge in [-0.1, -0.05) is 218 Å². The number of anilines is 3. The predicted molar refractivity (Wildman–Crippen MR) is 288 cm³/mol. The molecule has 0 saturated heterocycles. The fourth-order valence-electron chi connectivity index (χ4n) is 11.0. The number of rotatable bonds is 7. The van der Waals surface area contributed by atoms with E-state index in [0.717, 1.165) is 29.9 Å². The number of benzene rings is 12. The summed E-state index contributed by atoms with van der Waals surface area (Å²) in [6, 6.07) is 87.8. The van der Waals surface area contributed by atoms with Crippen molar-refractivity contribution < 1.29 is 0 Å². The number of hydrogen-bond acceptors (Lipinski definition) is 1. The van der Waals surface area contributed by atoms with Gasteiger partial charge in [0, 0.05) is 16.5 Å². The van der Waals surface area contributed by atoms with Gasteiger partial charge < -0.3 is 4.90 Å². The Morgan fingerprint density at radius 1 is 0.328 bits per heavy atom. The maximum atomic E-state index is 2.48. The second-order valence-electron chi connectivity index (χ2n) is 17.8. The third-order valence-corrected chi connectivity index (χ3v) is 14.1. The van der Waals surface area contributed by atoms with Gasteiger partial charge in [0.15, 0.2) is 0 Å². The topological polar surface area (TPSA) is 3.24 Å². The van der Waals surface area contributed by atoms with Crippen molar-refractivity contribution in [1.82, 2.24) is 0 Å². The number of allylic oxidation sites excluding steroid dienone is 1. The molecule has 0 fully saturated rings. The molecule has 0 aliphatic heterocycles. The van der Waals surface area contributed by atoms with Crippen LogP contribution in [0, 0.1) is 0 Å². The third kappa shape index (κ3) is 6.54. The van der Waals surface area contributed by atoms with E-state index in [1.807, 2.05) is 0 Å². The summed E-state index contributed by atoms with van der Waals surface area (Å²) in [6.45, 7) is 0. The SMILES string of the molecule is C1=Cc2c(cccc2-c2ccc(-c3cc(-c4ccccc4)c4c5ccccc5c5cc(N(c6cccc7ccccc67)c6cccc7ccccc67)ccc5c4c3-c3ccccc3)cc2)CC1. The van der Waals surface area contributed by atoms with Crippen molar-refractivity contribution >= 4 is 77.0 Å². The summed E-state index contributed by atoms with van der Waals surface area (Å²) in [6.07, 6.45) is 6.82. The van der Waals surface area contributed by atoms with Gasteiger partial charge >= 0.3 is 0 Å². The van der Waals surface area contributed by atoms with Gasteiger partial charge in [-0.2, -0.15) is 0 Å². The zero-order valence-corrected chi connectivity index (χ0v) is 37.0. The molecular formula is C66H45N. The number of nitrogens with zero attached hydrogens (tertiary/aromatic N) is 1. The van der Waals surface area contributed by atoms with Gasteiger partial charge in [-0.25, -0.2) is 0 Å². The van der Waals surface area contributed by atoms with Gasteiger partial charge in [-0.15, -0.1) is 0 Å². The highest BCUT2D eigenvalue weighted by atomic mass is 15.1. The molecule has 0 spiro atoms. The Morgan fingerprint density at radius 2 is 0.866 bits per heavy atom. The summed E-state index contributed by atoms with van der Waals surface area (Å²) in [7, 11) is 0. The van der Waals surface area contributed by atoms with Crippen LogP contribution in [0.1, 0.15) is 17.5 Å². The van der Waals surface area contributed by atoms with Crippen LogP contribution in [0.15, 0.2) is 243 Å². The Morgan fingerprint density at radius 3 is 1.55 bits per heavy atom. The quantitative estimate of drug-likeness (QED) is 0.144. The summed E-state index contributed by atoms with van der Waals surface area (Å²) in [5.74, 6) is 0. The third-order valence-electron chi connectivity index (χ3n) is 14.1. The van der Waals surface area contributed by atoms with Crippen LogP contribution in [-0.2, 0) is 6.42 Å². The summed E-state index contributed by atoms with van der Waals surface area (Å²) in [5.41, 5.74) is 16.0. The summed E-state index contributed by atoms with van der Waals surface area (Å²) < 4.78 is 0. The first-order chi connectivity index (χ1) is 33.3. The molecule has 0 bridgehead atoms. The fourth-order valence-corrected chi connectivity index (χ4v) is 11.0. The van der Waals surface area contributed by atoms with Crippen LogP contribution in [0.25, 0.3) is 104 Å². The molecule has 0 atom stereocenters.